The van der Waals surface area contributed by atoms with Gasteiger partial charge in [-0.2, -0.15) is 0 Å². The maximum atomic E-state index is 13.4. The Hall–Kier alpha value is -3.19. The van der Waals surface area contributed by atoms with Crippen molar-refractivity contribution in [2.75, 3.05) is 32.8 Å². The Morgan fingerprint density at radius 3 is 2.26 bits per heavy atom. The number of hydrogen-bond donors (Lipinski definition) is 1. The van der Waals surface area contributed by atoms with E-state index in [0.29, 0.717) is 30.9 Å². The number of aliphatic hydroxyl groups excluding tert-OH is 1. The van der Waals surface area contributed by atoms with E-state index in [1.54, 1.807) is 12.1 Å². The van der Waals surface area contributed by atoms with Crippen LogP contribution in [0, 0.1) is 5.82 Å². The fourth-order valence-electron chi connectivity index (χ4n) is 4.19. The highest BCUT2D eigenvalue weighted by Crippen LogP contribution is 2.39. The molecule has 2 aromatic carbocycles. The van der Waals surface area contributed by atoms with E-state index in [-0.39, 0.29) is 16.9 Å². The van der Waals surface area contributed by atoms with Gasteiger partial charge in [-0.3, -0.25) is 9.59 Å². The number of likely N-dealkylation sites (tertiary alicyclic amines) is 1. The van der Waals surface area contributed by atoms with Crippen molar-refractivity contribution < 1.29 is 23.8 Å². The predicted molar refractivity (Wildman–Crippen MR) is 130 cm³/mol. The Labute approximate surface area is 200 Å². The zero-order valence-electron chi connectivity index (χ0n) is 20.1. The second kappa shape index (κ2) is 11.8. The van der Waals surface area contributed by atoms with Crippen LogP contribution in [0.15, 0.2) is 54.1 Å². The molecule has 0 radical (unpaired) electrons. The van der Waals surface area contributed by atoms with Crippen molar-refractivity contribution in [2.45, 2.75) is 39.7 Å². The van der Waals surface area contributed by atoms with Crippen LogP contribution < -0.4 is 4.74 Å². The predicted octanol–water partition coefficient (Wildman–Crippen LogP) is 4.77. The van der Waals surface area contributed by atoms with Gasteiger partial charge in [0.1, 0.15) is 17.3 Å². The quantitative estimate of drug-likeness (QED) is 0.292. The molecule has 1 fully saturated rings. The average Bonchev–Trinajstić information content (AvgIpc) is 3.10. The molecular formula is C27H33FN2O4. The molecule has 0 aliphatic carbocycles. The Morgan fingerprint density at radius 2 is 1.68 bits per heavy atom. The number of rotatable bonds is 11. The first-order chi connectivity index (χ1) is 16.4. The molecule has 34 heavy (non-hydrogen) atoms. The highest BCUT2D eigenvalue weighted by atomic mass is 19.1. The molecule has 1 heterocycles. The van der Waals surface area contributed by atoms with Gasteiger partial charge in [-0.1, -0.05) is 32.9 Å². The number of amides is 1. The SMILES string of the molecule is CCCOc1ccc(C2/C(=C(/O)c3ccc(F)cc3)C(=O)C(=O)N2CCCN(CC)CC)cc1. The van der Waals surface area contributed by atoms with Crippen LogP contribution in [0.25, 0.3) is 5.76 Å². The molecule has 1 unspecified atom stereocenters. The van der Waals surface area contributed by atoms with Crippen LogP contribution >= 0.6 is 0 Å². The summed E-state index contributed by atoms with van der Waals surface area (Å²) in [5, 5.41) is 11.0. The summed E-state index contributed by atoms with van der Waals surface area (Å²) in [5.41, 5.74) is 1.01. The van der Waals surface area contributed by atoms with Crippen molar-refractivity contribution in [2.24, 2.45) is 0 Å². The molecule has 0 saturated carbocycles. The van der Waals surface area contributed by atoms with Crippen molar-refractivity contribution in [1.82, 2.24) is 9.80 Å². The lowest BCUT2D eigenvalue weighted by molar-refractivity contribution is -0.140. The van der Waals surface area contributed by atoms with Gasteiger partial charge in [0, 0.05) is 12.1 Å². The van der Waals surface area contributed by atoms with E-state index in [9.17, 15) is 19.1 Å². The van der Waals surface area contributed by atoms with Gasteiger partial charge in [0.15, 0.2) is 0 Å². The standard InChI is InChI=1S/C27H33FN2O4/c1-4-18-34-22-14-10-19(11-15-22)24-23(25(31)20-8-12-21(28)13-9-20)26(32)27(33)30(24)17-7-16-29(5-2)6-3/h8-15,24,31H,4-7,16-18H2,1-3H3/b25-23-. The molecule has 6 nitrogen and oxygen atoms in total. The molecule has 1 atom stereocenters. The molecule has 1 saturated heterocycles. The van der Waals surface area contributed by atoms with Gasteiger partial charge in [-0.05, 0) is 74.4 Å². The van der Waals surface area contributed by atoms with Gasteiger partial charge in [-0.25, -0.2) is 4.39 Å². The maximum absolute atomic E-state index is 13.4. The molecule has 3 rings (SSSR count). The van der Waals surface area contributed by atoms with E-state index < -0.39 is 23.5 Å². The third-order valence-corrected chi connectivity index (χ3v) is 6.09. The minimum absolute atomic E-state index is 0.0154. The van der Waals surface area contributed by atoms with Crippen molar-refractivity contribution >= 4 is 17.4 Å². The fourth-order valence-corrected chi connectivity index (χ4v) is 4.19. The zero-order chi connectivity index (χ0) is 24.7. The van der Waals surface area contributed by atoms with E-state index >= 15 is 0 Å². The Balaban J connectivity index is 1.99. The van der Waals surface area contributed by atoms with Crippen LogP contribution in [0.1, 0.15) is 50.8 Å². The minimum Gasteiger partial charge on any atom is -0.507 e. The van der Waals surface area contributed by atoms with E-state index in [2.05, 4.69) is 18.7 Å². The highest BCUT2D eigenvalue weighted by Gasteiger charge is 2.45. The van der Waals surface area contributed by atoms with Crippen molar-refractivity contribution in [3.63, 3.8) is 0 Å². The van der Waals surface area contributed by atoms with Crippen molar-refractivity contribution in [1.29, 1.82) is 0 Å². The Kier molecular flexibility index (Phi) is 8.82. The first-order valence-electron chi connectivity index (χ1n) is 11.9. The lowest BCUT2D eigenvalue weighted by Gasteiger charge is -2.27. The zero-order valence-corrected chi connectivity index (χ0v) is 20.1. The van der Waals surface area contributed by atoms with Gasteiger partial charge in [0.2, 0.25) is 0 Å². The summed E-state index contributed by atoms with van der Waals surface area (Å²) in [6.07, 6.45) is 1.58. The largest absolute Gasteiger partial charge is 0.507 e. The molecule has 7 heteroatoms. The second-order valence-corrected chi connectivity index (χ2v) is 8.30. The Morgan fingerprint density at radius 1 is 1.03 bits per heavy atom. The van der Waals surface area contributed by atoms with Crippen molar-refractivity contribution in [3.8, 4) is 5.75 Å². The lowest BCUT2D eigenvalue weighted by Crippen LogP contribution is -2.33. The summed E-state index contributed by atoms with van der Waals surface area (Å²) in [6, 6.07) is 11.7. The minimum atomic E-state index is -0.735. The second-order valence-electron chi connectivity index (χ2n) is 8.30. The normalized spacial score (nSPS) is 17.6. The summed E-state index contributed by atoms with van der Waals surface area (Å²) in [7, 11) is 0. The number of halogens is 1. The average molecular weight is 469 g/mol. The van der Waals surface area contributed by atoms with Gasteiger partial charge in [0.25, 0.3) is 11.7 Å². The van der Waals surface area contributed by atoms with Crippen LogP contribution in [0.5, 0.6) is 5.75 Å². The van der Waals surface area contributed by atoms with E-state index in [1.807, 2.05) is 19.1 Å². The van der Waals surface area contributed by atoms with Gasteiger partial charge in [0.05, 0.1) is 18.2 Å². The lowest BCUT2D eigenvalue weighted by atomic mass is 9.95. The van der Waals surface area contributed by atoms with E-state index in [1.165, 1.54) is 29.2 Å². The first-order valence-corrected chi connectivity index (χ1v) is 11.9. The van der Waals surface area contributed by atoms with Crippen LogP contribution in [0.4, 0.5) is 4.39 Å². The smallest absolute Gasteiger partial charge is 0.295 e. The number of nitrogens with zero attached hydrogens (tertiary/aromatic N) is 2. The van der Waals surface area contributed by atoms with Crippen LogP contribution in [0.3, 0.4) is 0 Å². The molecule has 0 spiro atoms. The Bertz CT molecular complexity index is 1010. The summed E-state index contributed by atoms with van der Waals surface area (Å²) >= 11 is 0. The molecular weight excluding hydrogens is 435 g/mol. The van der Waals surface area contributed by atoms with Crippen LogP contribution in [0.2, 0.25) is 0 Å². The molecule has 1 aliphatic heterocycles. The van der Waals surface area contributed by atoms with Gasteiger partial charge in [-0.15, -0.1) is 0 Å². The number of Topliss-reactive ketones (excluding diaryl/α,β-unsaturated/α-hetero) is 1. The number of carbonyl (C=O) groups excluding carboxylic acids is 2. The third-order valence-electron chi connectivity index (χ3n) is 6.09. The molecule has 0 bridgehead atoms. The molecule has 1 aliphatic rings. The van der Waals surface area contributed by atoms with E-state index in [0.717, 1.165) is 26.1 Å². The summed E-state index contributed by atoms with van der Waals surface area (Å²) in [4.78, 5) is 29.9. The number of aliphatic hydroxyl groups is 1. The fraction of sp³-hybridized carbons (Fsp3) is 0.407. The highest BCUT2D eigenvalue weighted by molar-refractivity contribution is 6.46. The topological polar surface area (TPSA) is 70.1 Å². The monoisotopic (exact) mass is 468 g/mol. The number of carbonyl (C=O) groups is 2. The van der Waals surface area contributed by atoms with E-state index in [4.69, 9.17) is 4.74 Å². The number of hydrogen-bond acceptors (Lipinski definition) is 5. The number of benzene rings is 2. The summed E-state index contributed by atoms with van der Waals surface area (Å²) in [6.45, 7) is 9.76. The van der Waals surface area contributed by atoms with Gasteiger partial charge >= 0.3 is 0 Å². The van der Waals surface area contributed by atoms with Crippen LogP contribution in [-0.2, 0) is 9.59 Å². The molecule has 2 aromatic rings. The van der Waals surface area contributed by atoms with Gasteiger partial charge < -0.3 is 19.6 Å². The number of ether oxygens (including phenoxy) is 1. The molecule has 0 aromatic heterocycles. The first kappa shape index (κ1) is 25.4. The third kappa shape index (κ3) is 5.65. The summed E-state index contributed by atoms with van der Waals surface area (Å²) in [5.74, 6) is -1.43. The number of ketones is 1. The van der Waals surface area contributed by atoms with Crippen LogP contribution in [-0.4, -0.2) is 59.4 Å². The van der Waals surface area contributed by atoms with Crippen molar-refractivity contribution in [3.05, 3.63) is 71.0 Å². The summed E-state index contributed by atoms with van der Waals surface area (Å²) < 4.78 is 19.1. The molecule has 1 amide bonds. The maximum Gasteiger partial charge on any atom is 0.295 e. The molecule has 1 N–H and O–H groups in total. The molecule has 182 valence electrons.